The highest BCUT2D eigenvalue weighted by Crippen LogP contribution is 2.16. The molecule has 1 aromatic carbocycles. The third-order valence-corrected chi connectivity index (χ3v) is 5.30. The van der Waals surface area contributed by atoms with Gasteiger partial charge in [-0.25, -0.2) is 0 Å². The lowest BCUT2D eigenvalue weighted by molar-refractivity contribution is 0.477. The van der Waals surface area contributed by atoms with Gasteiger partial charge in [0.05, 0.1) is 5.69 Å². The van der Waals surface area contributed by atoms with Crippen molar-refractivity contribution in [3.8, 4) is 0 Å². The monoisotopic (exact) mass is 373 g/mol. The molecule has 0 bridgehead atoms. The predicted octanol–water partition coefficient (Wildman–Crippen LogP) is 3.40. The number of benzene rings is 1. The van der Waals surface area contributed by atoms with Crippen LogP contribution in [0.2, 0.25) is 0 Å². The van der Waals surface area contributed by atoms with E-state index in [4.69, 9.17) is 4.99 Å². The summed E-state index contributed by atoms with van der Waals surface area (Å²) in [5, 5.41) is 7.89. The third-order valence-electron chi connectivity index (χ3n) is 4.56. The zero-order valence-electron chi connectivity index (χ0n) is 16.8. The van der Waals surface area contributed by atoms with Gasteiger partial charge in [0, 0.05) is 44.3 Å². The van der Waals surface area contributed by atoms with E-state index in [1.807, 2.05) is 11.7 Å². The van der Waals surface area contributed by atoms with E-state index in [1.165, 1.54) is 21.7 Å². The normalized spacial score (nSPS) is 11.7. The van der Waals surface area contributed by atoms with Crippen molar-refractivity contribution in [2.45, 2.75) is 38.6 Å². The van der Waals surface area contributed by atoms with Crippen LogP contribution in [0.15, 0.2) is 34.2 Å². The maximum absolute atomic E-state index is 4.82. The van der Waals surface area contributed by atoms with Crippen molar-refractivity contribution in [3.05, 3.63) is 46.8 Å². The minimum atomic E-state index is 0.755. The fourth-order valence-electron chi connectivity index (χ4n) is 3.00. The molecule has 0 saturated heterocycles. The molecular weight excluding hydrogens is 342 g/mol. The molecule has 0 aliphatic heterocycles. The largest absolute Gasteiger partial charge is 0.357 e. The summed E-state index contributed by atoms with van der Waals surface area (Å²) >= 11 is 1.77. The molecule has 0 saturated carbocycles. The van der Waals surface area contributed by atoms with E-state index in [1.54, 1.807) is 11.8 Å². The highest BCUT2D eigenvalue weighted by atomic mass is 32.2. The number of guanidine groups is 1. The molecule has 2 rings (SSSR count). The SMILES string of the molecule is CCNC(=NCCc1c(C)nn(C)c1C)N(C)Cc1ccc(SC)cc1. The zero-order valence-corrected chi connectivity index (χ0v) is 17.7. The van der Waals surface area contributed by atoms with Crippen LogP contribution in [0.25, 0.3) is 0 Å². The third kappa shape index (κ3) is 5.27. The Labute approximate surface area is 161 Å². The van der Waals surface area contributed by atoms with Crippen LogP contribution in [0.5, 0.6) is 0 Å². The summed E-state index contributed by atoms with van der Waals surface area (Å²) in [5.74, 6) is 0.945. The Kier molecular flexibility index (Phi) is 7.57. The lowest BCUT2D eigenvalue weighted by Gasteiger charge is -2.22. The van der Waals surface area contributed by atoms with Crippen LogP contribution in [0.1, 0.15) is 29.4 Å². The fourth-order valence-corrected chi connectivity index (χ4v) is 3.41. The van der Waals surface area contributed by atoms with Gasteiger partial charge < -0.3 is 10.2 Å². The molecule has 0 fully saturated rings. The van der Waals surface area contributed by atoms with Crippen LogP contribution in [0, 0.1) is 13.8 Å². The number of aryl methyl sites for hydroxylation is 2. The summed E-state index contributed by atoms with van der Waals surface area (Å²) in [6.45, 7) is 8.75. The molecule has 0 radical (unpaired) electrons. The molecule has 0 aliphatic rings. The molecule has 5 nitrogen and oxygen atoms in total. The lowest BCUT2D eigenvalue weighted by Crippen LogP contribution is -2.38. The van der Waals surface area contributed by atoms with Gasteiger partial charge in [-0.15, -0.1) is 11.8 Å². The summed E-state index contributed by atoms with van der Waals surface area (Å²) in [7, 11) is 4.08. The van der Waals surface area contributed by atoms with Gasteiger partial charge >= 0.3 is 0 Å². The molecular formula is C20H31N5S. The Morgan fingerprint density at radius 1 is 1.27 bits per heavy atom. The highest BCUT2D eigenvalue weighted by Gasteiger charge is 2.10. The summed E-state index contributed by atoms with van der Waals surface area (Å²) in [6.07, 6.45) is 3.01. The van der Waals surface area contributed by atoms with E-state index >= 15 is 0 Å². The zero-order chi connectivity index (χ0) is 19.1. The first-order valence-electron chi connectivity index (χ1n) is 9.07. The molecule has 2 aromatic rings. The smallest absolute Gasteiger partial charge is 0.193 e. The van der Waals surface area contributed by atoms with Crippen molar-refractivity contribution >= 4 is 17.7 Å². The van der Waals surface area contributed by atoms with Gasteiger partial charge in [0.25, 0.3) is 0 Å². The Balaban J connectivity index is 2.02. The minimum absolute atomic E-state index is 0.755. The van der Waals surface area contributed by atoms with Gasteiger partial charge in [0.15, 0.2) is 5.96 Å². The second-order valence-corrected chi connectivity index (χ2v) is 7.34. The van der Waals surface area contributed by atoms with Crippen LogP contribution in [0.4, 0.5) is 0 Å². The minimum Gasteiger partial charge on any atom is -0.357 e. The summed E-state index contributed by atoms with van der Waals surface area (Å²) in [6, 6.07) is 8.72. The molecule has 0 atom stereocenters. The molecule has 1 heterocycles. The second kappa shape index (κ2) is 9.67. The summed E-state index contributed by atoms with van der Waals surface area (Å²) < 4.78 is 1.95. The van der Waals surface area contributed by atoms with Crippen molar-refractivity contribution in [2.24, 2.45) is 12.0 Å². The topological polar surface area (TPSA) is 45.5 Å². The first-order valence-corrected chi connectivity index (χ1v) is 10.3. The quantitative estimate of drug-likeness (QED) is 0.459. The summed E-state index contributed by atoms with van der Waals surface area (Å²) in [4.78, 5) is 8.29. The van der Waals surface area contributed by atoms with Gasteiger partial charge in [0.2, 0.25) is 0 Å². The number of rotatable bonds is 7. The molecule has 1 aromatic heterocycles. The summed E-state index contributed by atoms with van der Waals surface area (Å²) in [5.41, 5.74) is 4.93. The highest BCUT2D eigenvalue weighted by molar-refractivity contribution is 7.98. The maximum Gasteiger partial charge on any atom is 0.193 e. The molecule has 0 spiro atoms. The second-order valence-electron chi connectivity index (χ2n) is 6.46. The van der Waals surface area contributed by atoms with Crippen LogP contribution in [-0.2, 0) is 20.0 Å². The predicted molar refractivity (Wildman–Crippen MR) is 112 cm³/mol. The first-order chi connectivity index (χ1) is 12.5. The Bertz CT molecular complexity index is 733. The lowest BCUT2D eigenvalue weighted by atomic mass is 10.1. The van der Waals surface area contributed by atoms with Gasteiger partial charge in [-0.1, -0.05) is 12.1 Å². The van der Waals surface area contributed by atoms with E-state index < -0.39 is 0 Å². The standard InChI is InChI=1S/C20H31N5S/c1-7-21-20(22-13-12-19-15(2)23-25(5)16(19)3)24(4)14-17-8-10-18(26-6)11-9-17/h8-11H,7,12-14H2,1-6H3,(H,21,22). The molecule has 0 unspecified atom stereocenters. The van der Waals surface area contributed by atoms with E-state index in [-0.39, 0.29) is 0 Å². The van der Waals surface area contributed by atoms with Crippen molar-refractivity contribution < 1.29 is 0 Å². The first kappa shape index (κ1) is 20.4. The number of hydrogen-bond acceptors (Lipinski definition) is 3. The van der Waals surface area contributed by atoms with E-state index in [2.05, 4.69) is 73.7 Å². The van der Waals surface area contributed by atoms with Crippen LogP contribution in [-0.4, -0.2) is 47.0 Å². The van der Waals surface area contributed by atoms with Crippen molar-refractivity contribution in [1.82, 2.24) is 20.0 Å². The van der Waals surface area contributed by atoms with E-state index in [9.17, 15) is 0 Å². The van der Waals surface area contributed by atoms with Crippen LogP contribution >= 0.6 is 11.8 Å². The van der Waals surface area contributed by atoms with Gasteiger partial charge in [0.1, 0.15) is 0 Å². The molecule has 0 amide bonds. The van der Waals surface area contributed by atoms with E-state index in [0.717, 1.165) is 37.7 Å². The number of hydrogen-bond donors (Lipinski definition) is 1. The number of aromatic nitrogens is 2. The molecule has 142 valence electrons. The average Bonchev–Trinajstić information content (AvgIpc) is 2.87. The number of nitrogens with zero attached hydrogens (tertiary/aromatic N) is 4. The van der Waals surface area contributed by atoms with Crippen LogP contribution in [0.3, 0.4) is 0 Å². The Morgan fingerprint density at radius 3 is 2.50 bits per heavy atom. The average molecular weight is 374 g/mol. The van der Waals surface area contributed by atoms with E-state index in [0.29, 0.717) is 0 Å². The Hall–Kier alpha value is -1.95. The van der Waals surface area contributed by atoms with Crippen molar-refractivity contribution in [1.29, 1.82) is 0 Å². The molecule has 0 aliphatic carbocycles. The number of aliphatic imine (C=N–C) groups is 1. The molecule has 26 heavy (non-hydrogen) atoms. The maximum atomic E-state index is 4.82. The van der Waals surface area contributed by atoms with Gasteiger partial charge in [-0.2, -0.15) is 5.10 Å². The van der Waals surface area contributed by atoms with Gasteiger partial charge in [-0.05, 0) is 56.7 Å². The van der Waals surface area contributed by atoms with Crippen molar-refractivity contribution in [3.63, 3.8) is 0 Å². The van der Waals surface area contributed by atoms with Crippen molar-refractivity contribution in [2.75, 3.05) is 26.4 Å². The number of nitrogens with one attached hydrogen (secondary N) is 1. The number of thioether (sulfide) groups is 1. The van der Waals surface area contributed by atoms with Gasteiger partial charge in [-0.3, -0.25) is 9.67 Å². The molecule has 6 heteroatoms. The molecule has 1 N–H and O–H groups in total. The fraction of sp³-hybridized carbons (Fsp3) is 0.500. The Morgan fingerprint density at radius 2 is 1.96 bits per heavy atom. The van der Waals surface area contributed by atoms with Crippen LogP contribution < -0.4 is 5.32 Å².